The molecule has 1 rings (SSSR count). The summed E-state index contributed by atoms with van der Waals surface area (Å²) in [5.74, 6) is -0.853. The van der Waals surface area contributed by atoms with Gasteiger partial charge < -0.3 is 39.4 Å². The van der Waals surface area contributed by atoms with Crippen LogP contribution in [0.3, 0.4) is 0 Å². The van der Waals surface area contributed by atoms with Crippen molar-refractivity contribution in [3.8, 4) is 0 Å². The lowest BCUT2D eigenvalue weighted by Gasteiger charge is -2.39. The Bertz CT molecular complexity index is 1310. The van der Waals surface area contributed by atoms with Gasteiger partial charge in [-0.05, 0) is 77.0 Å². The van der Waals surface area contributed by atoms with Gasteiger partial charge in [-0.15, -0.1) is 0 Å². The molecule has 1 aliphatic heterocycles. The van der Waals surface area contributed by atoms with Crippen molar-refractivity contribution in [1.29, 1.82) is 0 Å². The van der Waals surface area contributed by atoms with Crippen LogP contribution in [-0.2, 0) is 28.5 Å². The minimum atomic E-state index is -1.61. The number of carbonyl (C=O) groups is 2. The molecule has 1 fully saturated rings. The van der Waals surface area contributed by atoms with E-state index < -0.39 is 55.4 Å². The average Bonchev–Trinajstić information content (AvgIpc) is 3.26. The zero-order valence-corrected chi connectivity index (χ0v) is 37.6. The number of hydrogen-bond acceptors (Lipinski definition) is 10. The SMILES string of the molecule is CC/C=C/C=C/C=C/CCCCCCCC(=O)OC(COC(=O)CCCCCCCCC/C=C/C/C=C/C/C=C/C/C=C/C/C=C/CC)CO[C@H]1O[C@@H](CO)[C@@H](O)C(O)C1O. The molecule has 0 aromatic carbocycles. The maximum Gasteiger partial charge on any atom is 0.306 e. The Kier molecular flexibility index (Phi) is 37.1. The van der Waals surface area contributed by atoms with E-state index in [9.17, 15) is 30.0 Å². The fourth-order valence-electron chi connectivity index (χ4n) is 6.39. The fraction of sp³-hybridized carbons (Fsp3) is 0.647. The summed E-state index contributed by atoms with van der Waals surface area (Å²) in [5.41, 5.74) is 0. The molecule has 0 aromatic heterocycles. The first kappa shape index (κ1) is 55.6. The van der Waals surface area contributed by atoms with Crippen LogP contribution in [0.5, 0.6) is 0 Å². The molecular weight excluding hydrogens is 773 g/mol. The number of unbranched alkanes of at least 4 members (excludes halogenated alkanes) is 12. The largest absolute Gasteiger partial charge is 0.462 e. The molecule has 0 bridgehead atoms. The van der Waals surface area contributed by atoms with E-state index in [1.165, 1.54) is 19.3 Å². The van der Waals surface area contributed by atoms with E-state index in [2.05, 4.69) is 92.8 Å². The zero-order valence-electron chi connectivity index (χ0n) is 37.6. The fourth-order valence-corrected chi connectivity index (χ4v) is 6.39. The highest BCUT2D eigenvalue weighted by atomic mass is 16.7. The lowest BCUT2D eigenvalue weighted by Crippen LogP contribution is -2.59. The summed E-state index contributed by atoms with van der Waals surface area (Å²) in [6, 6.07) is 0. The Morgan fingerprint density at radius 3 is 1.56 bits per heavy atom. The van der Waals surface area contributed by atoms with Crippen molar-refractivity contribution in [2.24, 2.45) is 0 Å². The molecule has 0 amide bonds. The molecule has 10 nitrogen and oxygen atoms in total. The second kappa shape index (κ2) is 40.7. The van der Waals surface area contributed by atoms with Crippen LogP contribution < -0.4 is 0 Å². The van der Waals surface area contributed by atoms with E-state index in [0.29, 0.717) is 12.8 Å². The number of aliphatic hydroxyl groups excluding tert-OH is 4. The van der Waals surface area contributed by atoms with Crippen LogP contribution in [0.1, 0.15) is 155 Å². The van der Waals surface area contributed by atoms with Crippen LogP contribution in [0, 0.1) is 0 Å². The predicted molar refractivity (Wildman–Crippen MR) is 247 cm³/mol. The smallest absolute Gasteiger partial charge is 0.306 e. The quantitative estimate of drug-likeness (QED) is 0.0206. The first-order valence-electron chi connectivity index (χ1n) is 23.3. The topological polar surface area (TPSA) is 152 Å². The van der Waals surface area contributed by atoms with Gasteiger partial charge in [-0.25, -0.2) is 0 Å². The molecule has 1 heterocycles. The molecule has 61 heavy (non-hydrogen) atoms. The molecule has 0 aromatic rings. The van der Waals surface area contributed by atoms with Gasteiger partial charge in [0.25, 0.3) is 0 Å². The second-order valence-corrected chi connectivity index (χ2v) is 15.5. The van der Waals surface area contributed by atoms with Crippen LogP contribution >= 0.6 is 0 Å². The van der Waals surface area contributed by atoms with Gasteiger partial charge in [0, 0.05) is 12.8 Å². The number of rotatable bonds is 37. The number of hydrogen-bond donors (Lipinski definition) is 4. The van der Waals surface area contributed by atoms with E-state index in [1.54, 1.807) is 0 Å². The summed E-state index contributed by atoms with van der Waals surface area (Å²) < 4.78 is 22.1. The molecule has 10 heteroatoms. The maximum absolute atomic E-state index is 12.8. The molecule has 1 saturated heterocycles. The van der Waals surface area contributed by atoms with Gasteiger partial charge >= 0.3 is 11.9 Å². The molecule has 3 unspecified atom stereocenters. The van der Waals surface area contributed by atoms with Crippen molar-refractivity contribution >= 4 is 11.9 Å². The molecule has 346 valence electrons. The lowest BCUT2D eigenvalue weighted by molar-refractivity contribution is -0.305. The number of ether oxygens (including phenoxy) is 4. The van der Waals surface area contributed by atoms with E-state index in [4.69, 9.17) is 18.9 Å². The number of carbonyl (C=O) groups excluding carboxylic acids is 2. The number of esters is 2. The summed E-state index contributed by atoms with van der Waals surface area (Å²) in [4.78, 5) is 25.4. The van der Waals surface area contributed by atoms with Crippen molar-refractivity contribution in [2.75, 3.05) is 19.8 Å². The molecule has 0 aliphatic carbocycles. The summed E-state index contributed by atoms with van der Waals surface area (Å²) in [7, 11) is 0. The lowest BCUT2D eigenvalue weighted by atomic mass is 9.99. The van der Waals surface area contributed by atoms with Crippen molar-refractivity contribution in [1.82, 2.24) is 0 Å². The number of allylic oxidation sites excluding steroid dienone is 16. The van der Waals surface area contributed by atoms with E-state index in [1.807, 2.05) is 18.2 Å². The molecule has 6 atom stereocenters. The third kappa shape index (κ3) is 32.0. The summed E-state index contributed by atoms with van der Waals surface area (Å²) in [6.07, 6.45) is 47.0. The first-order valence-corrected chi connectivity index (χ1v) is 23.3. The van der Waals surface area contributed by atoms with Crippen molar-refractivity contribution in [2.45, 2.75) is 192 Å². The monoisotopic (exact) mass is 855 g/mol. The highest BCUT2D eigenvalue weighted by molar-refractivity contribution is 5.70. The Labute approximate surface area is 368 Å². The van der Waals surface area contributed by atoms with Gasteiger partial charge in [-0.2, -0.15) is 0 Å². The highest BCUT2D eigenvalue weighted by Crippen LogP contribution is 2.22. The van der Waals surface area contributed by atoms with Gasteiger partial charge in [0.05, 0.1) is 13.2 Å². The van der Waals surface area contributed by atoms with Crippen LogP contribution in [0.4, 0.5) is 0 Å². The van der Waals surface area contributed by atoms with Gasteiger partial charge in [-0.1, -0.05) is 162 Å². The van der Waals surface area contributed by atoms with Gasteiger partial charge in [0.15, 0.2) is 12.4 Å². The highest BCUT2D eigenvalue weighted by Gasteiger charge is 2.44. The number of aliphatic hydroxyl groups is 4. The minimum Gasteiger partial charge on any atom is -0.462 e. The first-order chi connectivity index (χ1) is 29.8. The summed E-state index contributed by atoms with van der Waals surface area (Å²) in [5, 5.41) is 40.1. The molecule has 0 spiro atoms. The molecule has 1 aliphatic rings. The molecule has 4 N–H and O–H groups in total. The molecule has 0 saturated carbocycles. The van der Waals surface area contributed by atoms with Crippen LogP contribution in [-0.4, -0.2) is 89.0 Å². The average molecular weight is 855 g/mol. The van der Waals surface area contributed by atoms with Crippen LogP contribution in [0.25, 0.3) is 0 Å². The Balaban J connectivity index is 2.30. The Morgan fingerprint density at radius 1 is 0.525 bits per heavy atom. The standard InChI is InChI=1S/C51H82O10/c1-3-5-7-9-11-13-15-17-18-19-20-21-22-23-24-25-26-28-29-31-33-35-37-39-46(53)58-42-44(43-59-51-50(57)49(56)48(55)45(41-52)61-51)60-47(54)40-38-36-34-32-30-27-16-14-12-10-8-6-4-2/h5-8,10-14,16-18,20-21,23-24,44-45,48-52,55-57H,3-4,9,15,19,22,25-43H2,1-2H3/b7-5+,8-6+,12-10+,13-11+,16-14+,18-17+,21-20+,24-23+/t44?,45-,48+,49?,50?,51-/m0/s1. The third-order valence-electron chi connectivity index (χ3n) is 10.0. The maximum atomic E-state index is 12.8. The van der Waals surface area contributed by atoms with Gasteiger partial charge in [0.1, 0.15) is 31.0 Å². The zero-order chi connectivity index (χ0) is 44.4. The minimum absolute atomic E-state index is 0.198. The summed E-state index contributed by atoms with van der Waals surface area (Å²) in [6.45, 7) is 3.12. The van der Waals surface area contributed by atoms with Gasteiger partial charge in [-0.3, -0.25) is 9.59 Å². The van der Waals surface area contributed by atoms with Crippen LogP contribution in [0.15, 0.2) is 97.2 Å². The van der Waals surface area contributed by atoms with E-state index in [-0.39, 0.29) is 26.1 Å². The van der Waals surface area contributed by atoms with Crippen molar-refractivity contribution < 1.29 is 49.0 Å². The van der Waals surface area contributed by atoms with E-state index >= 15 is 0 Å². The normalized spacial score (nSPS) is 20.7. The van der Waals surface area contributed by atoms with Crippen molar-refractivity contribution in [3.05, 3.63) is 97.2 Å². The Morgan fingerprint density at radius 2 is 1.00 bits per heavy atom. The molecule has 0 radical (unpaired) electrons. The Hall–Kier alpha value is -3.38. The molecular formula is C51H82O10. The van der Waals surface area contributed by atoms with E-state index in [0.717, 1.165) is 96.3 Å². The van der Waals surface area contributed by atoms with Crippen molar-refractivity contribution in [3.63, 3.8) is 0 Å². The van der Waals surface area contributed by atoms with Gasteiger partial charge in [0.2, 0.25) is 0 Å². The third-order valence-corrected chi connectivity index (χ3v) is 10.0. The predicted octanol–water partition coefficient (Wildman–Crippen LogP) is 10.3. The van der Waals surface area contributed by atoms with Crippen LogP contribution in [0.2, 0.25) is 0 Å². The summed E-state index contributed by atoms with van der Waals surface area (Å²) >= 11 is 0. The second-order valence-electron chi connectivity index (χ2n) is 15.5.